The number of thioether (sulfide) groups is 1. The van der Waals surface area contributed by atoms with E-state index in [1.165, 1.54) is 12.1 Å². The molecule has 9 heteroatoms. The molecule has 0 radical (unpaired) electrons. The third kappa shape index (κ3) is 5.04. The molecule has 35 heavy (non-hydrogen) atoms. The maximum Gasteiger partial charge on any atom is 0.335 e. The smallest absolute Gasteiger partial charge is 0.335 e. The number of benzene rings is 2. The van der Waals surface area contributed by atoms with Crippen LogP contribution in [0.15, 0.2) is 59.5 Å². The van der Waals surface area contributed by atoms with Crippen molar-refractivity contribution in [1.29, 1.82) is 0 Å². The van der Waals surface area contributed by atoms with Crippen molar-refractivity contribution in [1.82, 2.24) is 9.47 Å². The molecular formula is C26H23N3O5S. The van der Waals surface area contributed by atoms with Gasteiger partial charge in [-0.05, 0) is 86.6 Å². The molecule has 0 aliphatic carbocycles. The number of rotatable bonds is 6. The van der Waals surface area contributed by atoms with Crippen molar-refractivity contribution < 1.29 is 24.3 Å². The molecule has 1 fully saturated rings. The minimum absolute atomic E-state index is 0.191. The van der Waals surface area contributed by atoms with Crippen LogP contribution in [0.3, 0.4) is 0 Å². The van der Waals surface area contributed by atoms with Crippen LogP contribution < -0.4 is 5.32 Å². The first kappa shape index (κ1) is 24.0. The summed E-state index contributed by atoms with van der Waals surface area (Å²) in [6.07, 6.45) is 1.65. The number of aromatic carboxylic acids is 1. The van der Waals surface area contributed by atoms with Gasteiger partial charge >= 0.3 is 5.97 Å². The number of anilines is 1. The van der Waals surface area contributed by atoms with E-state index in [1.54, 1.807) is 30.3 Å². The monoisotopic (exact) mass is 489 g/mol. The molecule has 3 amide bonds. The van der Waals surface area contributed by atoms with Crippen LogP contribution in [-0.2, 0) is 9.59 Å². The fraction of sp³-hybridized carbons (Fsp3) is 0.154. The SMILES string of the molecule is Cc1ccc(NC(=O)CN2C(=O)S/C(=C/c3cc(C)n(-c4ccc(C(=O)O)cc4)c3C)C2=O)cc1. The maximum atomic E-state index is 12.9. The lowest BCUT2D eigenvalue weighted by molar-refractivity contribution is -0.127. The van der Waals surface area contributed by atoms with Gasteiger partial charge in [-0.3, -0.25) is 19.3 Å². The molecule has 0 saturated carbocycles. The topological polar surface area (TPSA) is 109 Å². The molecule has 1 aliphatic rings. The number of hydrogen-bond donors (Lipinski definition) is 2. The molecule has 3 aromatic rings. The Hall–Kier alpha value is -4.11. The van der Waals surface area contributed by atoms with Crippen molar-refractivity contribution in [3.63, 3.8) is 0 Å². The van der Waals surface area contributed by atoms with Crippen molar-refractivity contribution in [3.8, 4) is 5.69 Å². The molecule has 2 aromatic carbocycles. The van der Waals surface area contributed by atoms with Crippen LogP contribution in [0.4, 0.5) is 10.5 Å². The molecule has 0 unspecified atom stereocenters. The van der Waals surface area contributed by atoms with Crippen molar-refractivity contribution in [2.75, 3.05) is 11.9 Å². The van der Waals surface area contributed by atoms with Crippen molar-refractivity contribution >= 4 is 46.5 Å². The highest BCUT2D eigenvalue weighted by Crippen LogP contribution is 2.33. The minimum atomic E-state index is -0.999. The lowest BCUT2D eigenvalue weighted by Gasteiger charge is -2.12. The zero-order valence-corrected chi connectivity index (χ0v) is 20.2. The van der Waals surface area contributed by atoms with E-state index in [-0.39, 0.29) is 17.0 Å². The molecule has 2 N–H and O–H groups in total. The number of amides is 3. The van der Waals surface area contributed by atoms with Gasteiger partial charge in [-0.1, -0.05) is 17.7 Å². The molecule has 0 atom stereocenters. The van der Waals surface area contributed by atoms with Crippen molar-refractivity contribution in [2.45, 2.75) is 20.8 Å². The van der Waals surface area contributed by atoms with Crippen LogP contribution in [0.5, 0.6) is 0 Å². The average molecular weight is 490 g/mol. The Morgan fingerprint density at radius 2 is 1.66 bits per heavy atom. The molecule has 8 nitrogen and oxygen atoms in total. The van der Waals surface area contributed by atoms with Crippen LogP contribution in [0.1, 0.15) is 32.9 Å². The van der Waals surface area contributed by atoms with E-state index < -0.39 is 23.0 Å². The van der Waals surface area contributed by atoms with E-state index in [4.69, 9.17) is 5.11 Å². The number of carbonyl (C=O) groups excluding carboxylic acids is 3. The molecule has 1 saturated heterocycles. The number of hydrogen-bond acceptors (Lipinski definition) is 5. The van der Waals surface area contributed by atoms with Crippen LogP contribution in [-0.4, -0.2) is 44.1 Å². The Balaban J connectivity index is 1.52. The number of carboxylic acid groups (broad SMARTS) is 1. The summed E-state index contributed by atoms with van der Waals surface area (Å²) in [5, 5.41) is 11.3. The summed E-state index contributed by atoms with van der Waals surface area (Å²) in [5.41, 5.74) is 5.08. The largest absolute Gasteiger partial charge is 0.478 e. The summed E-state index contributed by atoms with van der Waals surface area (Å²) < 4.78 is 1.94. The van der Waals surface area contributed by atoms with Gasteiger partial charge in [0.15, 0.2) is 0 Å². The highest BCUT2D eigenvalue weighted by molar-refractivity contribution is 8.18. The second kappa shape index (κ2) is 9.63. The molecule has 4 rings (SSSR count). The fourth-order valence-corrected chi connectivity index (χ4v) is 4.67. The standard InChI is InChI=1S/C26H23N3O5S/c1-15-4-8-20(9-5-15)27-23(30)14-28-24(31)22(35-26(28)34)13-19-12-16(2)29(17(19)3)21-10-6-18(7-11-21)25(32)33/h4-13H,14H2,1-3H3,(H,27,30)(H,32,33)/b22-13+. The van der Waals surface area contributed by atoms with Gasteiger partial charge in [0.1, 0.15) is 6.54 Å². The van der Waals surface area contributed by atoms with Gasteiger partial charge in [0, 0.05) is 22.8 Å². The normalized spacial score (nSPS) is 14.6. The predicted molar refractivity (Wildman–Crippen MR) is 135 cm³/mol. The number of carboxylic acids is 1. The van der Waals surface area contributed by atoms with Crippen molar-refractivity contribution in [3.05, 3.63) is 87.6 Å². The minimum Gasteiger partial charge on any atom is -0.478 e. The highest BCUT2D eigenvalue weighted by atomic mass is 32.2. The quantitative estimate of drug-likeness (QED) is 0.483. The number of aryl methyl sites for hydroxylation is 2. The van der Waals surface area contributed by atoms with E-state index in [9.17, 15) is 19.2 Å². The Labute approximate surface area is 206 Å². The lowest BCUT2D eigenvalue weighted by Crippen LogP contribution is -2.36. The summed E-state index contributed by atoms with van der Waals surface area (Å²) >= 11 is 0.796. The van der Waals surface area contributed by atoms with Gasteiger partial charge in [-0.15, -0.1) is 0 Å². The van der Waals surface area contributed by atoms with Gasteiger partial charge < -0.3 is 15.0 Å². The Bertz CT molecular complexity index is 1370. The van der Waals surface area contributed by atoms with Gasteiger partial charge in [0.05, 0.1) is 10.5 Å². The predicted octanol–water partition coefficient (Wildman–Crippen LogP) is 4.78. The zero-order valence-electron chi connectivity index (χ0n) is 19.4. The second-order valence-electron chi connectivity index (χ2n) is 8.20. The zero-order chi connectivity index (χ0) is 25.3. The summed E-state index contributed by atoms with van der Waals surface area (Å²) in [4.78, 5) is 50.1. The molecule has 0 bridgehead atoms. The second-order valence-corrected chi connectivity index (χ2v) is 9.19. The van der Waals surface area contributed by atoms with Gasteiger partial charge in [-0.25, -0.2) is 4.79 Å². The number of carbonyl (C=O) groups is 4. The number of imide groups is 1. The molecular weight excluding hydrogens is 466 g/mol. The summed E-state index contributed by atoms with van der Waals surface area (Å²) in [7, 11) is 0. The van der Waals surface area contributed by atoms with E-state index in [0.29, 0.717) is 5.69 Å². The Morgan fingerprint density at radius 1 is 1.00 bits per heavy atom. The number of aromatic nitrogens is 1. The first-order valence-corrected chi connectivity index (χ1v) is 11.6. The first-order chi connectivity index (χ1) is 16.6. The van der Waals surface area contributed by atoms with E-state index in [1.807, 2.05) is 43.5 Å². The van der Waals surface area contributed by atoms with Crippen molar-refractivity contribution in [2.24, 2.45) is 0 Å². The Morgan fingerprint density at radius 3 is 2.29 bits per heavy atom. The third-order valence-electron chi connectivity index (χ3n) is 5.64. The Kier molecular flexibility index (Phi) is 6.61. The fourth-order valence-electron chi connectivity index (χ4n) is 3.84. The van der Waals surface area contributed by atoms with E-state index in [2.05, 4.69) is 5.32 Å². The average Bonchev–Trinajstić information content (AvgIpc) is 3.24. The maximum absolute atomic E-state index is 12.9. The molecule has 1 aromatic heterocycles. The highest BCUT2D eigenvalue weighted by Gasteiger charge is 2.36. The summed E-state index contributed by atoms with van der Waals surface area (Å²) in [6.45, 7) is 5.34. The van der Waals surface area contributed by atoms with Crippen LogP contribution >= 0.6 is 11.8 Å². The first-order valence-electron chi connectivity index (χ1n) is 10.8. The lowest BCUT2D eigenvalue weighted by atomic mass is 10.2. The molecule has 0 spiro atoms. The van der Waals surface area contributed by atoms with E-state index in [0.717, 1.165) is 44.9 Å². The molecule has 1 aliphatic heterocycles. The van der Waals surface area contributed by atoms with Crippen LogP contribution in [0.25, 0.3) is 11.8 Å². The third-order valence-corrected chi connectivity index (χ3v) is 6.55. The molecule has 178 valence electrons. The summed E-state index contributed by atoms with van der Waals surface area (Å²) in [6, 6.07) is 15.6. The van der Waals surface area contributed by atoms with Gasteiger partial charge in [-0.2, -0.15) is 0 Å². The van der Waals surface area contributed by atoms with Gasteiger partial charge in [0.2, 0.25) is 5.91 Å². The van der Waals surface area contributed by atoms with E-state index >= 15 is 0 Å². The van der Waals surface area contributed by atoms with Crippen LogP contribution in [0.2, 0.25) is 0 Å². The van der Waals surface area contributed by atoms with Crippen LogP contribution in [0, 0.1) is 20.8 Å². The molecule has 2 heterocycles. The number of nitrogens with zero attached hydrogens (tertiary/aromatic N) is 2. The number of nitrogens with one attached hydrogen (secondary N) is 1. The van der Waals surface area contributed by atoms with Gasteiger partial charge in [0.25, 0.3) is 11.1 Å². The summed E-state index contributed by atoms with van der Waals surface area (Å²) in [5.74, 6) is -1.98.